The average molecular weight is 189 g/mol. The van der Waals surface area contributed by atoms with Crippen molar-refractivity contribution in [3.63, 3.8) is 0 Å². The molecule has 0 aromatic heterocycles. The monoisotopic (exact) mass is 189 g/mol. The molecule has 1 aromatic carbocycles. The topological polar surface area (TPSA) is 29.4 Å². The quantitative estimate of drug-likeness (QED) is 0.656. The highest BCUT2D eigenvalue weighted by Crippen LogP contribution is 2.27. The first kappa shape index (κ1) is 8.81. The van der Waals surface area contributed by atoms with Crippen molar-refractivity contribution in [3.8, 4) is 0 Å². The molecule has 0 saturated carbocycles. The normalized spacial score (nSPS) is 14.9. The van der Waals surface area contributed by atoms with Crippen LogP contribution in [0.3, 0.4) is 0 Å². The largest absolute Gasteiger partial charge is 0.296 e. The third-order valence-electron chi connectivity index (χ3n) is 2.15. The number of halogens is 1. The second kappa shape index (κ2) is 3.54. The third-order valence-corrected chi connectivity index (χ3v) is 2.15. The van der Waals surface area contributed by atoms with Gasteiger partial charge in [-0.2, -0.15) is 0 Å². The molecule has 14 heavy (non-hydrogen) atoms. The molecule has 0 amide bonds. The van der Waals surface area contributed by atoms with Crippen molar-refractivity contribution in [1.82, 2.24) is 0 Å². The van der Waals surface area contributed by atoms with Gasteiger partial charge in [0.25, 0.3) is 0 Å². The Balaban J connectivity index is 2.51. The Labute approximate surface area is 80.8 Å². The third kappa shape index (κ3) is 1.37. The molecule has 0 unspecified atom stereocenters. The summed E-state index contributed by atoms with van der Waals surface area (Å²) in [5, 5.41) is 0. The molecule has 1 heterocycles. The first-order valence-electron chi connectivity index (χ1n) is 4.28. The van der Waals surface area contributed by atoms with E-state index in [0.29, 0.717) is 29.5 Å². The van der Waals surface area contributed by atoms with Gasteiger partial charge in [-0.05, 0) is 11.6 Å². The SMILES string of the molecule is O=CC1=C(c2ccccc2F)CC=N1. The first-order valence-corrected chi connectivity index (χ1v) is 4.28. The predicted octanol–water partition coefficient (Wildman–Crippen LogP) is 2.21. The van der Waals surface area contributed by atoms with E-state index in [2.05, 4.69) is 4.99 Å². The van der Waals surface area contributed by atoms with E-state index in [4.69, 9.17) is 0 Å². The summed E-state index contributed by atoms with van der Waals surface area (Å²) >= 11 is 0. The van der Waals surface area contributed by atoms with Crippen molar-refractivity contribution in [2.75, 3.05) is 0 Å². The lowest BCUT2D eigenvalue weighted by atomic mass is 10.0. The van der Waals surface area contributed by atoms with Crippen LogP contribution in [0.2, 0.25) is 0 Å². The number of nitrogens with zero attached hydrogens (tertiary/aromatic N) is 1. The van der Waals surface area contributed by atoms with E-state index in [-0.39, 0.29) is 5.82 Å². The summed E-state index contributed by atoms with van der Waals surface area (Å²) in [7, 11) is 0. The average Bonchev–Trinajstić information content (AvgIpc) is 2.66. The number of hydrogen-bond acceptors (Lipinski definition) is 2. The Kier molecular flexibility index (Phi) is 2.23. The molecule has 2 nitrogen and oxygen atoms in total. The van der Waals surface area contributed by atoms with Gasteiger partial charge in [-0.1, -0.05) is 18.2 Å². The predicted molar refractivity (Wildman–Crippen MR) is 52.5 cm³/mol. The van der Waals surface area contributed by atoms with Crippen LogP contribution in [0.15, 0.2) is 35.0 Å². The zero-order valence-electron chi connectivity index (χ0n) is 7.40. The minimum Gasteiger partial charge on any atom is -0.296 e. The second-order valence-corrected chi connectivity index (χ2v) is 2.98. The number of aliphatic imine (C=N–C) groups is 1. The smallest absolute Gasteiger partial charge is 0.168 e. The molecule has 1 aliphatic heterocycles. The van der Waals surface area contributed by atoms with Gasteiger partial charge in [0.1, 0.15) is 11.5 Å². The molecule has 3 heteroatoms. The summed E-state index contributed by atoms with van der Waals surface area (Å²) in [5.74, 6) is -0.313. The van der Waals surface area contributed by atoms with Crippen molar-refractivity contribution in [2.45, 2.75) is 6.42 Å². The maximum absolute atomic E-state index is 13.3. The summed E-state index contributed by atoms with van der Waals surface area (Å²) in [5.41, 5.74) is 1.46. The molecule has 0 aliphatic carbocycles. The summed E-state index contributed by atoms with van der Waals surface area (Å²) in [6.45, 7) is 0. The molecule has 2 rings (SSSR count). The molecule has 0 spiro atoms. The van der Waals surface area contributed by atoms with Gasteiger partial charge in [0, 0.05) is 18.2 Å². The molecule has 70 valence electrons. The van der Waals surface area contributed by atoms with Gasteiger partial charge in [-0.25, -0.2) is 4.39 Å². The van der Waals surface area contributed by atoms with Crippen LogP contribution in [0.1, 0.15) is 12.0 Å². The van der Waals surface area contributed by atoms with E-state index in [1.54, 1.807) is 24.4 Å². The minimum atomic E-state index is -0.313. The summed E-state index contributed by atoms with van der Waals surface area (Å²) in [6, 6.07) is 6.40. The van der Waals surface area contributed by atoms with Crippen LogP contribution in [-0.4, -0.2) is 12.5 Å². The molecule has 0 fully saturated rings. The fraction of sp³-hybridized carbons (Fsp3) is 0.0909. The molecule has 1 aliphatic rings. The van der Waals surface area contributed by atoms with Crippen LogP contribution in [0.5, 0.6) is 0 Å². The Morgan fingerprint density at radius 1 is 1.36 bits per heavy atom. The first-order chi connectivity index (χ1) is 6.83. The van der Waals surface area contributed by atoms with Crippen molar-refractivity contribution in [3.05, 3.63) is 41.3 Å². The van der Waals surface area contributed by atoms with Crippen molar-refractivity contribution in [1.29, 1.82) is 0 Å². The highest BCUT2D eigenvalue weighted by molar-refractivity contribution is 5.98. The highest BCUT2D eigenvalue weighted by atomic mass is 19.1. The molecule has 0 bridgehead atoms. The van der Waals surface area contributed by atoms with E-state index in [0.717, 1.165) is 0 Å². The van der Waals surface area contributed by atoms with Crippen LogP contribution >= 0.6 is 0 Å². The van der Waals surface area contributed by atoms with Crippen molar-refractivity contribution in [2.24, 2.45) is 4.99 Å². The van der Waals surface area contributed by atoms with E-state index in [9.17, 15) is 9.18 Å². The van der Waals surface area contributed by atoms with Crippen LogP contribution in [0.4, 0.5) is 4.39 Å². The number of rotatable bonds is 2. The lowest BCUT2D eigenvalue weighted by Gasteiger charge is -2.03. The summed E-state index contributed by atoms with van der Waals surface area (Å²) in [4.78, 5) is 14.5. The van der Waals surface area contributed by atoms with Crippen LogP contribution < -0.4 is 0 Å². The zero-order chi connectivity index (χ0) is 9.97. The van der Waals surface area contributed by atoms with E-state index in [1.807, 2.05) is 0 Å². The Hall–Kier alpha value is -1.77. The van der Waals surface area contributed by atoms with Gasteiger partial charge in [-0.15, -0.1) is 0 Å². The highest BCUT2D eigenvalue weighted by Gasteiger charge is 2.14. The molecule has 0 radical (unpaired) electrons. The molecule has 1 aromatic rings. The summed E-state index contributed by atoms with van der Waals surface area (Å²) in [6.07, 6.45) is 2.80. The van der Waals surface area contributed by atoms with Gasteiger partial charge in [0.15, 0.2) is 6.29 Å². The maximum Gasteiger partial charge on any atom is 0.168 e. The molecular formula is C11H8FNO. The van der Waals surface area contributed by atoms with Crippen LogP contribution in [0, 0.1) is 5.82 Å². The molecular weight excluding hydrogens is 181 g/mol. The lowest BCUT2D eigenvalue weighted by molar-refractivity contribution is -0.104. The van der Waals surface area contributed by atoms with Crippen LogP contribution in [0.25, 0.3) is 5.57 Å². The fourth-order valence-electron chi connectivity index (χ4n) is 1.47. The number of benzene rings is 1. The zero-order valence-corrected chi connectivity index (χ0v) is 7.40. The lowest BCUT2D eigenvalue weighted by Crippen LogP contribution is -1.91. The maximum atomic E-state index is 13.3. The Morgan fingerprint density at radius 2 is 2.14 bits per heavy atom. The van der Waals surface area contributed by atoms with Crippen molar-refractivity contribution >= 4 is 18.1 Å². The summed E-state index contributed by atoms with van der Waals surface area (Å²) < 4.78 is 13.3. The number of carbonyl (C=O) groups excluding carboxylic acids is 1. The molecule has 0 atom stereocenters. The van der Waals surface area contributed by atoms with Crippen LogP contribution in [-0.2, 0) is 4.79 Å². The van der Waals surface area contributed by atoms with Gasteiger partial charge in [0.05, 0.1) is 0 Å². The number of hydrogen-bond donors (Lipinski definition) is 0. The van der Waals surface area contributed by atoms with Crippen molar-refractivity contribution < 1.29 is 9.18 Å². The number of aldehydes is 1. The van der Waals surface area contributed by atoms with E-state index < -0.39 is 0 Å². The van der Waals surface area contributed by atoms with E-state index in [1.165, 1.54) is 6.07 Å². The second-order valence-electron chi connectivity index (χ2n) is 2.98. The molecule has 0 saturated heterocycles. The van der Waals surface area contributed by atoms with Gasteiger partial charge < -0.3 is 0 Å². The van der Waals surface area contributed by atoms with Gasteiger partial charge in [0.2, 0.25) is 0 Å². The Morgan fingerprint density at radius 3 is 2.86 bits per heavy atom. The van der Waals surface area contributed by atoms with Gasteiger partial charge in [-0.3, -0.25) is 9.79 Å². The molecule has 0 N–H and O–H groups in total. The number of allylic oxidation sites excluding steroid dienone is 2. The standard InChI is InChI=1S/C11H8FNO/c12-10-4-2-1-3-8(10)9-5-6-13-11(9)7-14/h1-4,6-7H,5H2. The van der Waals surface area contributed by atoms with E-state index >= 15 is 0 Å². The fourth-order valence-corrected chi connectivity index (χ4v) is 1.47. The van der Waals surface area contributed by atoms with Gasteiger partial charge >= 0.3 is 0 Å². The minimum absolute atomic E-state index is 0.313. The number of carbonyl (C=O) groups is 1. The Bertz CT molecular complexity index is 435.